The molecular weight excluding hydrogens is 597 g/mol. The highest BCUT2D eigenvalue weighted by atomic mass is 32.2. The van der Waals surface area contributed by atoms with Crippen LogP contribution in [0.25, 0.3) is 27.6 Å². The Morgan fingerprint density at radius 1 is 1.02 bits per heavy atom. The zero-order valence-corrected chi connectivity index (χ0v) is 25.5. The molecule has 0 aliphatic carbocycles. The molecule has 1 amide bonds. The van der Waals surface area contributed by atoms with Crippen molar-refractivity contribution in [1.29, 1.82) is 0 Å². The molecule has 0 spiro atoms. The number of hydrogen-bond donors (Lipinski definition) is 1. The van der Waals surface area contributed by atoms with Crippen molar-refractivity contribution >= 4 is 60.8 Å². The topological polar surface area (TPSA) is 122 Å². The zero-order valence-electron chi connectivity index (χ0n) is 24.7. The Labute approximate surface area is 257 Å². The first-order valence-corrected chi connectivity index (χ1v) is 15.7. The fourth-order valence-electron chi connectivity index (χ4n) is 5.71. The fourth-order valence-corrected chi connectivity index (χ4v) is 7.01. The van der Waals surface area contributed by atoms with E-state index in [4.69, 9.17) is 0 Å². The Kier molecular flexibility index (Phi) is 6.67. The van der Waals surface area contributed by atoms with E-state index < -0.39 is 21.4 Å². The lowest BCUT2D eigenvalue weighted by Gasteiger charge is -2.20. The van der Waals surface area contributed by atoms with E-state index in [9.17, 15) is 22.4 Å². The Balaban J connectivity index is 1.45. The lowest BCUT2D eigenvalue weighted by molar-refractivity contribution is -0.119. The van der Waals surface area contributed by atoms with Crippen LogP contribution in [0.4, 0.5) is 21.7 Å². The minimum Gasteiger partial charge on any atom is -0.325 e. The molecule has 0 atom stereocenters. The molecule has 0 radical (unpaired) electrons. The number of fused-ring (bicyclic) bond motifs is 5. The van der Waals surface area contributed by atoms with Crippen molar-refractivity contribution in [2.75, 3.05) is 37.4 Å². The molecule has 0 saturated carbocycles. The largest absolute Gasteiger partial charge is 0.325 e. The van der Waals surface area contributed by atoms with Crippen molar-refractivity contribution in [2.24, 2.45) is 0 Å². The molecule has 0 bridgehead atoms. The van der Waals surface area contributed by atoms with Crippen LogP contribution in [-0.4, -0.2) is 64.8 Å². The van der Waals surface area contributed by atoms with Crippen LogP contribution in [-0.2, 0) is 21.2 Å². The van der Waals surface area contributed by atoms with E-state index in [0.717, 1.165) is 25.2 Å². The van der Waals surface area contributed by atoms with Gasteiger partial charge in [0, 0.05) is 24.1 Å². The molecule has 11 nitrogen and oxygen atoms in total. The van der Waals surface area contributed by atoms with Crippen molar-refractivity contribution in [3.63, 3.8) is 0 Å². The Bertz CT molecular complexity index is 2350. The maximum atomic E-state index is 15.0. The van der Waals surface area contributed by atoms with E-state index in [-0.39, 0.29) is 50.9 Å². The highest BCUT2D eigenvalue weighted by Crippen LogP contribution is 2.33. The van der Waals surface area contributed by atoms with Crippen LogP contribution in [0.3, 0.4) is 0 Å². The van der Waals surface area contributed by atoms with Crippen LogP contribution in [0.2, 0.25) is 0 Å². The fraction of sp³-hybridized carbons (Fsp3) is 0.188. The highest BCUT2D eigenvalue weighted by Gasteiger charge is 2.27. The van der Waals surface area contributed by atoms with Gasteiger partial charge < -0.3 is 15.1 Å². The second-order valence-corrected chi connectivity index (χ2v) is 13.1. The molecule has 13 heteroatoms. The van der Waals surface area contributed by atoms with Gasteiger partial charge in [-0.2, -0.15) is 4.98 Å². The predicted molar refractivity (Wildman–Crippen MR) is 170 cm³/mol. The molecule has 0 fully saturated rings. The van der Waals surface area contributed by atoms with Crippen molar-refractivity contribution in [3.8, 4) is 0 Å². The summed E-state index contributed by atoms with van der Waals surface area (Å²) in [6, 6.07) is 17.6. The van der Waals surface area contributed by atoms with Gasteiger partial charge in [-0.1, -0.05) is 29.8 Å². The maximum absolute atomic E-state index is 15.0. The lowest BCUT2D eigenvalue weighted by atomic mass is 10.1. The molecule has 45 heavy (non-hydrogen) atoms. The first kappa shape index (κ1) is 28.6. The van der Waals surface area contributed by atoms with Crippen LogP contribution in [0.15, 0.2) is 82.6 Å². The predicted octanol–water partition coefficient (Wildman–Crippen LogP) is 4.08. The van der Waals surface area contributed by atoms with E-state index in [1.165, 1.54) is 42.6 Å². The summed E-state index contributed by atoms with van der Waals surface area (Å²) in [5.41, 5.74) is 2.67. The van der Waals surface area contributed by atoms with Gasteiger partial charge in [0.15, 0.2) is 11.3 Å². The SMILES string of the molecule is Cc1ccc(S(=O)(=O)n2ccc3c2nc(Nc2ccc4c(c2)N(C(=O)CN(C)C)CC4)n2c(=O)c4c(F)cccc4nc32)cc1. The van der Waals surface area contributed by atoms with Crippen LogP contribution in [0.5, 0.6) is 0 Å². The molecule has 3 aromatic carbocycles. The third-order valence-corrected chi connectivity index (χ3v) is 9.59. The first-order chi connectivity index (χ1) is 21.5. The summed E-state index contributed by atoms with van der Waals surface area (Å²) in [6.07, 6.45) is 2.06. The van der Waals surface area contributed by atoms with E-state index in [0.29, 0.717) is 18.7 Å². The van der Waals surface area contributed by atoms with E-state index in [1.807, 2.05) is 27.1 Å². The molecule has 1 N–H and O–H groups in total. The monoisotopic (exact) mass is 625 g/mol. The van der Waals surface area contributed by atoms with E-state index in [1.54, 1.807) is 34.1 Å². The summed E-state index contributed by atoms with van der Waals surface area (Å²) in [4.78, 5) is 39.6. The third-order valence-electron chi connectivity index (χ3n) is 7.90. The molecule has 0 saturated heterocycles. The smallest absolute Gasteiger partial charge is 0.271 e. The van der Waals surface area contributed by atoms with Crippen LogP contribution < -0.4 is 15.8 Å². The number of benzene rings is 3. The molecule has 1 aliphatic rings. The first-order valence-electron chi connectivity index (χ1n) is 14.2. The molecule has 3 aromatic heterocycles. The number of amides is 1. The Hall–Kier alpha value is -5.14. The molecule has 4 heterocycles. The van der Waals surface area contributed by atoms with Gasteiger partial charge in [-0.15, -0.1) is 0 Å². The van der Waals surface area contributed by atoms with E-state index >= 15 is 0 Å². The minimum absolute atomic E-state index is 0.0321. The average Bonchev–Trinajstić information content (AvgIpc) is 3.62. The summed E-state index contributed by atoms with van der Waals surface area (Å²) in [5, 5.41) is 3.21. The standard InChI is InChI=1S/C32H28FN7O4S/c1-19-7-11-22(12-8-19)45(43,44)39-16-14-23-29(39)36-32(40-30(23)35-25-6-4-5-24(33)28(25)31(40)42)34-21-10-9-20-13-15-38(26(20)17-21)27(41)18-37(2)3/h4-12,14,16-17H,13,15,18H2,1-3H3,(H,34,36). The highest BCUT2D eigenvalue weighted by molar-refractivity contribution is 7.90. The Morgan fingerprint density at radius 2 is 1.80 bits per heavy atom. The number of hydrogen-bond acceptors (Lipinski definition) is 8. The summed E-state index contributed by atoms with van der Waals surface area (Å²) >= 11 is 0. The quantitative estimate of drug-likeness (QED) is 0.275. The number of carbonyl (C=O) groups is 1. The molecule has 7 rings (SSSR count). The van der Waals surface area contributed by atoms with Crippen molar-refractivity contribution < 1.29 is 17.6 Å². The number of rotatable bonds is 6. The molecule has 228 valence electrons. The van der Waals surface area contributed by atoms with Gasteiger partial charge in [0.1, 0.15) is 11.2 Å². The maximum Gasteiger partial charge on any atom is 0.271 e. The number of nitrogens with one attached hydrogen (secondary N) is 1. The lowest BCUT2D eigenvalue weighted by Crippen LogP contribution is -2.36. The van der Waals surface area contributed by atoms with Gasteiger partial charge >= 0.3 is 0 Å². The van der Waals surface area contributed by atoms with Crippen molar-refractivity contribution in [1.82, 2.24) is 23.2 Å². The van der Waals surface area contributed by atoms with Crippen molar-refractivity contribution in [3.05, 3.63) is 100 Å². The van der Waals surface area contributed by atoms with E-state index in [2.05, 4.69) is 15.3 Å². The van der Waals surface area contributed by atoms with Crippen LogP contribution in [0.1, 0.15) is 11.1 Å². The number of carbonyl (C=O) groups excluding carboxylic acids is 1. The van der Waals surface area contributed by atoms with Crippen molar-refractivity contribution in [2.45, 2.75) is 18.2 Å². The summed E-state index contributed by atoms with van der Waals surface area (Å²) in [6.45, 7) is 2.64. The van der Waals surface area contributed by atoms with Gasteiger partial charge in [0.2, 0.25) is 11.9 Å². The second-order valence-electron chi connectivity index (χ2n) is 11.3. The van der Waals surface area contributed by atoms with Gasteiger partial charge in [-0.3, -0.25) is 9.59 Å². The summed E-state index contributed by atoms with van der Waals surface area (Å²) in [5.74, 6) is -0.858. The number of aryl methyl sites for hydroxylation is 1. The van der Waals surface area contributed by atoms with Gasteiger partial charge in [-0.25, -0.2) is 26.2 Å². The Morgan fingerprint density at radius 3 is 2.56 bits per heavy atom. The van der Waals surface area contributed by atoms with Crippen LogP contribution in [0, 0.1) is 12.7 Å². The summed E-state index contributed by atoms with van der Waals surface area (Å²) in [7, 11) is -0.436. The van der Waals surface area contributed by atoms with Crippen LogP contribution >= 0.6 is 0 Å². The molecule has 0 unspecified atom stereocenters. The van der Waals surface area contributed by atoms with Gasteiger partial charge in [0.05, 0.1) is 22.3 Å². The average molecular weight is 626 g/mol. The molecule has 1 aliphatic heterocycles. The number of aromatic nitrogens is 4. The van der Waals surface area contributed by atoms with Gasteiger partial charge in [-0.05, 0) is 75.5 Å². The van der Waals surface area contributed by atoms with Gasteiger partial charge in [0.25, 0.3) is 15.6 Å². The number of anilines is 3. The number of nitrogens with zero attached hydrogens (tertiary/aromatic N) is 6. The third kappa shape index (κ3) is 4.71. The number of likely N-dealkylation sites (N-methyl/N-ethyl adjacent to an activating group) is 1. The normalized spacial score (nSPS) is 13.3. The molecular formula is C32H28FN7O4S. The summed E-state index contributed by atoms with van der Waals surface area (Å²) < 4.78 is 44.7. The number of halogens is 1. The minimum atomic E-state index is -4.09. The molecule has 6 aromatic rings. The second kappa shape index (κ2) is 10.5. The zero-order chi connectivity index (χ0) is 31.6.